The third kappa shape index (κ3) is 4.48. The number of nitrogens with one attached hydrogen (secondary N) is 1. The van der Waals surface area contributed by atoms with Crippen molar-refractivity contribution in [3.8, 4) is 11.3 Å². The molecule has 0 unspecified atom stereocenters. The number of aromatic nitrogens is 3. The van der Waals surface area contributed by atoms with Crippen LogP contribution in [0.25, 0.3) is 22.0 Å². The van der Waals surface area contributed by atoms with Gasteiger partial charge in [0.15, 0.2) is 0 Å². The molecule has 0 amide bonds. The highest BCUT2D eigenvalue weighted by Gasteiger charge is 2.22. The molecule has 152 valence electrons. The van der Waals surface area contributed by atoms with Crippen molar-refractivity contribution in [1.82, 2.24) is 19.4 Å². The predicted molar refractivity (Wildman–Crippen MR) is 116 cm³/mol. The van der Waals surface area contributed by atoms with Crippen molar-refractivity contribution in [3.05, 3.63) is 55.3 Å². The lowest BCUT2D eigenvalue weighted by molar-refractivity contribution is 0.157. The molecule has 29 heavy (non-hydrogen) atoms. The number of hydrogen-bond donors (Lipinski definition) is 1. The van der Waals surface area contributed by atoms with Crippen molar-refractivity contribution in [3.63, 3.8) is 0 Å². The lowest BCUT2D eigenvalue weighted by Gasteiger charge is -2.33. The van der Waals surface area contributed by atoms with E-state index in [1.165, 1.54) is 0 Å². The molecule has 1 saturated heterocycles. The molecule has 1 atom stereocenters. The topological polar surface area (TPSA) is 46.0 Å². The molecule has 1 fully saturated rings. The number of nitrogens with zero attached hydrogens (tertiary/aromatic N) is 4. The van der Waals surface area contributed by atoms with Crippen LogP contribution in [0.2, 0.25) is 0 Å². The summed E-state index contributed by atoms with van der Waals surface area (Å²) in [7, 11) is 2.00. The molecule has 0 bridgehead atoms. The first-order valence-corrected chi connectivity index (χ1v) is 10.2. The van der Waals surface area contributed by atoms with Crippen LogP contribution in [0.3, 0.4) is 0 Å². The fourth-order valence-corrected chi connectivity index (χ4v) is 4.09. The third-order valence-electron chi connectivity index (χ3n) is 5.71. The molecular weight excluding hydrogens is 365 g/mol. The molecule has 3 aromatic rings. The van der Waals surface area contributed by atoms with Crippen molar-refractivity contribution >= 4 is 16.6 Å². The summed E-state index contributed by atoms with van der Waals surface area (Å²) in [6, 6.07) is 8.42. The van der Waals surface area contributed by atoms with Gasteiger partial charge in [-0.15, -0.1) is 0 Å². The molecule has 2 aromatic heterocycles. The molecule has 3 heterocycles. The summed E-state index contributed by atoms with van der Waals surface area (Å²) in [5.41, 5.74) is 3.20. The maximum absolute atomic E-state index is 13.2. The number of benzene rings is 1. The van der Waals surface area contributed by atoms with Gasteiger partial charge in [0.25, 0.3) is 0 Å². The Kier molecular flexibility index (Phi) is 5.62. The van der Waals surface area contributed by atoms with Crippen molar-refractivity contribution in [2.45, 2.75) is 25.9 Å². The van der Waals surface area contributed by atoms with Gasteiger partial charge in [-0.25, -0.2) is 14.4 Å². The summed E-state index contributed by atoms with van der Waals surface area (Å²) in [5, 5.41) is 5.63. The van der Waals surface area contributed by atoms with E-state index in [9.17, 15) is 4.39 Å². The first kappa shape index (κ1) is 19.6. The van der Waals surface area contributed by atoms with Crippen LogP contribution in [0.4, 0.5) is 10.2 Å². The Morgan fingerprint density at radius 1 is 1.24 bits per heavy atom. The SMILES string of the molecule is C=C(Nc1cc2cc(-c3cncn3C)ccc2cn1)C1CCN(C[C@@H](C)F)CC1. The molecule has 1 N–H and O–H groups in total. The Bertz CT molecular complexity index is 1000. The van der Waals surface area contributed by atoms with Gasteiger partial charge in [0.1, 0.15) is 12.0 Å². The average molecular weight is 394 g/mol. The molecule has 4 rings (SSSR count). The lowest BCUT2D eigenvalue weighted by atomic mass is 9.94. The van der Waals surface area contributed by atoms with Crippen LogP contribution >= 0.6 is 0 Å². The Morgan fingerprint density at radius 3 is 2.72 bits per heavy atom. The van der Waals surface area contributed by atoms with Gasteiger partial charge in [0, 0.05) is 42.4 Å². The Balaban J connectivity index is 1.45. The minimum Gasteiger partial charge on any atom is -0.344 e. The van der Waals surface area contributed by atoms with E-state index in [-0.39, 0.29) is 0 Å². The standard InChI is InChI=1S/C23H28FN5/c1-16(24)14-29-8-6-18(7-9-29)17(2)27-23-11-21-10-19(4-5-20(21)12-26-23)22-13-25-15-28(22)3/h4-5,10-13,15-16,18H,2,6-9,14H2,1,3H3,(H,26,27)/t16-/m1/s1. The highest BCUT2D eigenvalue weighted by Crippen LogP contribution is 2.28. The normalized spacial score (nSPS) is 16.8. The molecule has 6 heteroatoms. The number of alkyl halides is 1. The van der Waals surface area contributed by atoms with Crippen molar-refractivity contribution < 1.29 is 4.39 Å². The fraction of sp³-hybridized carbons (Fsp3) is 0.391. The van der Waals surface area contributed by atoms with Crippen molar-refractivity contribution in [2.75, 3.05) is 25.0 Å². The van der Waals surface area contributed by atoms with Crippen LogP contribution in [0, 0.1) is 5.92 Å². The average Bonchev–Trinajstić information content (AvgIpc) is 3.13. The quantitative estimate of drug-likeness (QED) is 0.663. The summed E-state index contributed by atoms with van der Waals surface area (Å²) in [5.74, 6) is 1.20. The number of piperidine rings is 1. The van der Waals surface area contributed by atoms with E-state index in [2.05, 4.69) is 51.0 Å². The highest BCUT2D eigenvalue weighted by molar-refractivity contribution is 5.88. The Labute approximate surface area is 171 Å². The van der Waals surface area contributed by atoms with Gasteiger partial charge in [0.2, 0.25) is 0 Å². The molecule has 0 radical (unpaired) electrons. The second kappa shape index (κ2) is 8.33. The summed E-state index contributed by atoms with van der Waals surface area (Å²) < 4.78 is 15.2. The Hall–Kier alpha value is -2.73. The van der Waals surface area contributed by atoms with E-state index >= 15 is 0 Å². The van der Waals surface area contributed by atoms with E-state index in [0.29, 0.717) is 12.5 Å². The third-order valence-corrected chi connectivity index (χ3v) is 5.71. The first-order chi connectivity index (χ1) is 14.0. The lowest BCUT2D eigenvalue weighted by Crippen LogP contribution is -2.38. The van der Waals surface area contributed by atoms with Crippen molar-refractivity contribution in [2.24, 2.45) is 13.0 Å². The van der Waals surface area contributed by atoms with Crippen LogP contribution in [-0.2, 0) is 7.05 Å². The monoisotopic (exact) mass is 393 g/mol. The largest absolute Gasteiger partial charge is 0.344 e. The number of hydrogen-bond acceptors (Lipinski definition) is 4. The van der Waals surface area contributed by atoms with E-state index in [1.807, 2.05) is 30.3 Å². The van der Waals surface area contributed by atoms with Gasteiger partial charge in [-0.1, -0.05) is 18.7 Å². The summed E-state index contributed by atoms with van der Waals surface area (Å²) >= 11 is 0. The zero-order valence-electron chi connectivity index (χ0n) is 17.1. The van der Waals surface area contributed by atoms with Crippen molar-refractivity contribution in [1.29, 1.82) is 0 Å². The number of anilines is 1. The van der Waals surface area contributed by atoms with Crippen LogP contribution in [0.15, 0.2) is 55.3 Å². The number of halogens is 1. The number of imidazole rings is 1. The molecule has 1 aromatic carbocycles. The first-order valence-electron chi connectivity index (χ1n) is 10.2. The van der Waals surface area contributed by atoms with Gasteiger partial charge in [-0.2, -0.15) is 0 Å². The molecule has 1 aliphatic heterocycles. The summed E-state index contributed by atoms with van der Waals surface area (Å²) in [4.78, 5) is 11.0. The van der Waals surface area contributed by atoms with E-state index in [0.717, 1.165) is 59.5 Å². The summed E-state index contributed by atoms with van der Waals surface area (Å²) in [6.45, 7) is 8.23. The molecule has 1 aliphatic rings. The molecule has 0 saturated carbocycles. The number of rotatable bonds is 6. The number of likely N-dealkylation sites (tertiary alicyclic amines) is 1. The van der Waals surface area contributed by atoms with Gasteiger partial charge in [0.05, 0.1) is 18.2 Å². The van der Waals surface area contributed by atoms with Gasteiger partial charge in [-0.3, -0.25) is 0 Å². The van der Waals surface area contributed by atoms with Crippen LogP contribution in [-0.4, -0.2) is 45.2 Å². The zero-order valence-corrected chi connectivity index (χ0v) is 17.1. The maximum Gasteiger partial charge on any atom is 0.130 e. The number of pyridine rings is 1. The molecular formula is C23H28FN5. The summed E-state index contributed by atoms with van der Waals surface area (Å²) in [6.07, 6.45) is 6.80. The number of aryl methyl sites for hydroxylation is 1. The van der Waals surface area contributed by atoms with E-state index < -0.39 is 6.17 Å². The predicted octanol–water partition coefficient (Wildman–Crippen LogP) is 4.63. The van der Waals surface area contributed by atoms with Crippen LogP contribution in [0.1, 0.15) is 19.8 Å². The van der Waals surface area contributed by atoms with E-state index in [4.69, 9.17) is 0 Å². The molecule has 0 spiro atoms. The minimum atomic E-state index is -0.772. The van der Waals surface area contributed by atoms with Crippen LogP contribution < -0.4 is 5.32 Å². The zero-order chi connectivity index (χ0) is 20.4. The smallest absolute Gasteiger partial charge is 0.130 e. The fourth-order valence-electron chi connectivity index (χ4n) is 4.09. The van der Waals surface area contributed by atoms with Gasteiger partial charge >= 0.3 is 0 Å². The number of fused-ring (bicyclic) bond motifs is 1. The van der Waals surface area contributed by atoms with E-state index in [1.54, 1.807) is 6.92 Å². The maximum atomic E-state index is 13.2. The molecule has 5 nitrogen and oxygen atoms in total. The van der Waals surface area contributed by atoms with Gasteiger partial charge in [-0.05, 0) is 50.4 Å². The van der Waals surface area contributed by atoms with Crippen LogP contribution in [0.5, 0.6) is 0 Å². The Morgan fingerprint density at radius 2 is 2.03 bits per heavy atom. The second-order valence-corrected chi connectivity index (χ2v) is 8.03. The highest BCUT2D eigenvalue weighted by atomic mass is 19.1. The minimum absolute atomic E-state index is 0.388. The number of allylic oxidation sites excluding steroid dienone is 1. The second-order valence-electron chi connectivity index (χ2n) is 8.03. The molecule has 0 aliphatic carbocycles. The van der Waals surface area contributed by atoms with Gasteiger partial charge < -0.3 is 14.8 Å².